The Balaban J connectivity index is 2.69. The summed E-state index contributed by atoms with van der Waals surface area (Å²) < 4.78 is 4.03. The predicted octanol–water partition coefficient (Wildman–Crippen LogP) is -0.103. The van der Waals surface area contributed by atoms with Gasteiger partial charge in [-0.15, -0.1) is 9.15 Å². The van der Waals surface area contributed by atoms with Crippen molar-refractivity contribution in [3.05, 3.63) is 12.8 Å². The van der Waals surface area contributed by atoms with Crippen LogP contribution in [0, 0.1) is 0 Å². The summed E-state index contributed by atoms with van der Waals surface area (Å²) in [6.45, 7) is 4.58. The van der Waals surface area contributed by atoms with Crippen LogP contribution in [0.1, 0.15) is 0 Å². The van der Waals surface area contributed by atoms with Crippen LogP contribution in [-0.4, -0.2) is 35.3 Å². The first-order valence-electron chi connectivity index (χ1n) is 2.61. The van der Waals surface area contributed by atoms with Crippen LogP contribution in [0.5, 0.6) is 0 Å². The van der Waals surface area contributed by atoms with Gasteiger partial charge >= 0.3 is 6.34 Å². The van der Waals surface area contributed by atoms with Crippen molar-refractivity contribution in [2.24, 2.45) is 0 Å². The van der Waals surface area contributed by atoms with Gasteiger partial charge < -0.3 is 0 Å². The Labute approximate surface area is 49.1 Å². The molecule has 0 aromatic carbocycles. The van der Waals surface area contributed by atoms with Gasteiger partial charge in [0, 0.05) is 0 Å². The second-order valence-corrected chi connectivity index (χ2v) is 1.84. The van der Waals surface area contributed by atoms with Gasteiger partial charge in [0.25, 0.3) is 0 Å². The Morgan fingerprint density at radius 3 is 2.75 bits per heavy atom. The Kier molecular flexibility index (Phi) is 1.24. The molecule has 1 heterocycles. The Hall–Kier alpha value is -0.920. The molecule has 0 unspecified atom stereocenters. The van der Waals surface area contributed by atoms with Crippen molar-refractivity contribution in [3.8, 4) is 0 Å². The van der Waals surface area contributed by atoms with Crippen molar-refractivity contribution in [2.75, 3.05) is 13.6 Å². The lowest BCUT2D eigenvalue weighted by Crippen LogP contribution is -2.01. The van der Waals surface area contributed by atoms with E-state index in [1.165, 1.54) is 0 Å². The Bertz CT molecular complexity index is 165. The molecule has 2 heteroatoms. The number of hydrogen-bond donors (Lipinski definition) is 0. The molecule has 0 spiro atoms. The van der Waals surface area contributed by atoms with Crippen LogP contribution in [0.2, 0.25) is 0 Å². The molecule has 2 nitrogen and oxygen atoms in total. The molecule has 0 amide bonds. The van der Waals surface area contributed by atoms with E-state index in [9.17, 15) is 0 Å². The van der Waals surface area contributed by atoms with Gasteiger partial charge in [0.05, 0.1) is 0 Å². The van der Waals surface area contributed by atoms with Crippen molar-refractivity contribution in [1.82, 2.24) is 0 Å². The number of rotatable bonds is 1. The first kappa shape index (κ1) is 5.22. The van der Waals surface area contributed by atoms with Gasteiger partial charge in [-0.25, -0.2) is 0 Å². The van der Waals surface area contributed by atoms with Gasteiger partial charge in [0.15, 0.2) is 6.20 Å². The summed E-state index contributed by atoms with van der Waals surface area (Å²) in [7, 11) is 2.00. The molecule has 42 valence electrons. The monoisotopic (exact) mass is 110 g/mol. The normalized spacial score (nSPS) is 17.6. The molecule has 0 saturated heterocycles. The third-order valence-electron chi connectivity index (χ3n) is 1.15. The highest BCUT2D eigenvalue weighted by Crippen LogP contribution is 1.77. The molecule has 0 bridgehead atoms. The summed E-state index contributed by atoms with van der Waals surface area (Å²) in [5.74, 6) is 0. The molecule has 0 aromatic rings. The molecule has 0 N–H and O–H groups in total. The van der Waals surface area contributed by atoms with Crippen molar-refractivity contribution < 1.29 is 9.15 Å². The summed E-state index contributed by atoms with van der Waals surface area (Å²) in [6.07, 6.45) is 5.88. The number of nitrogens with zero attached hydrogens (tertiary/aromatic N) is 2. The Morgan fingerprint density at radius 1 is 1.75 bits per heavy atom. The maximum absolute atomic E-state index is 3.63. The van der Waals surface area contributed by atoms with Gasteiger partial charge in [-0.3, -0.25) is 0 Å². The lowest BCUT2D eigenvalue weighted by Gasteiger charge is -1.72. The van der Waals surface area contributed by atoms with E-state index in [1.807, 2.05) is 22.5 Å². The molecule has 0 atom stereocenters. The molecule has 0 aromatic heterocycles. The van der Waals surface area contributed by atoms with E-state index in [-0.39, 0.29) is 0 Å². The zero-order chi connectivity index (χ0) is 5.98. The van der Waals surface area contributed by atoms with Crippen LogP contribution >= 0.6 is 0 Å². The Morgan fingerprint density at radius 2 is 2.50 bits per heavy atom. The second kappa shape index (κ2) is 1.90. The maximum atomic E-state index is 3.63. The highest BCUT2D eigenvalue weighted by Gasteiger charge is 2.11. The molecule has 1 aliphatic heterocycles. The SMILES string of the molecule is C=C[N+]1=C[N+](C)=CC1. The first-order valence-corrected chi connectivity index (χ1v) is 2.61. The van der Waals surface area contributed by atoms with Crippen molar-refractivity contribution in [1.29, 1.82) is 0 Å². The van der Waals surface area contributed by atoms with Gasteiger partial charge in [0.2, 0.25) is 12.8 Å². The molecule has 0 fully saturated rings. The van der Waals surface area contributed by atoms with Crippen LogP contribution in [-0.2, 0) is 0 Å². The number of hydrogen-bond acceptors (Lipinski definition) is 0. The van der Waals surface area contributed by atoms with E-state index in [0.717, 1.165) is 6.54 Å². The van der Waals surface area contributed by atoms with E-state index in [1.54, 1.807) is 6.20 Å². The van der Waals surface area contributed by atoms with E-state index in [4.69, 9.17) is 0 Å². The predicted molar refractivity (Wildman–Crippen MR) is 33.6 cm³/mol. The van der Waals surface area contributed by atoms with Gasteiger partial charge in [-0.1, -0.05) is 0 Å². The molecular formula is C6H10N2+2. The van der Waals surface area contributed by atoms with E-state index < -0.39 is 0 Å². The quantitative estimate of drug-likeness (QED) is 0.416. The molecule has 0 aliphatic carbocycles. The summed E-state index contributed by atoms with van der Waals surface area (Å²) in [6, 6.07) is 0. The standard InChI is InChI=1S/C6H10N2/c1-3-8-5-4-7(2)6-8/h3-4,6H,1,5H2,2H3/q+2. The minimum absolute atomic E-state index is 0.958. The molecule has 1 rings (SSSR count). The van der Waals surface area contributed by atoms with Crippen molar-refractivity contribution >= 4 is 12.6 Å². The third-order valence-corrected chi connectivity index (χ3v) is 1.15. The average Bonchev–Trinajstić information content (AvgIpc) is 2.14. The fourth-order valence-electron chi connectivity index (χ4n) is 0.673. The third kappa shape index (κ3) is 0.832. The van der Waals surface area contributed by atoms with Crippen LogP contribution < -0.4 is 0 Å². The van der Waals surface area contributed by atoms with Crippen molar-refractivity contribution in [3.63, 3.8) is 0 Å². The van der Waals surface area contributed by atoms with E-state index in [2.05, 4.69) is 12.8 Å². The van der Waals surface area contributed by atoms with Crippen LogP contribution in [0.3, 0.4) is 0 Å². The molecule has 1 aliphatic rings. The molecule has 0 saturated carbocycles. The van der Waals surface area contributed by atoms with Gasteiger partial charge in [-0.05, 0) is 6.58 Å². The van der Waals surface area contributed by atoms with Crippen LogP contribution in [0.4, 0.5) is 0 Å². The molecular weight excluding hydrogens is 100 g/mol. The van der Waals surface area contributed by atoms with Gasteiger partial charge in [-0.2, -0.15) is 0 Å². The summed E-state index contributed by atoms with van der Waals surface area (Å²) in [4.78, 5) is 0. The minimum atomic E-state index is 0.958. The smallest absolute Gasteiger partial charge is 0.150 e. The van der Waals surface area contributed by atoms with E-state index >= 15 is 0 Å². The lowest BCUT2D eigenvalue weighted by atomic mass is 10.7. The fourth-order valence-corrected chi connectivity index (χ4v) is 0.673. The van der Waals surface area contributed by atoms with Crippen LogP contribution in [0.25, 0.3) is 0 Å². The topological polar surface area (TPSA) is 6.02 Å². The average molecular weight is 110 g/mol. The maximum Gasteiger partial charge on any atom is 0.406 e. The largest absolute Gasteiger partial charge is 0.406 e. The van der Waals surface area contributed by atoms with Crippen LogP contribution in [0.15, 0.2) is 12.8 Å². The van der Waals surface area contributed by atoms with Crippen molar-refractivity contribution in [2.45, 2.75) is 0 Å². The molecule has 0 radical (unpaired) electrons. The summed E-state index contributed by atoms with van der Waals surface area (Å²) in [5, 5.41) is 0. The fraction of sp³-hybridized carbons (Fsp3) is 0.333. The molecule has 8 heavy (non-hydrogen) atoms. The zero-order valence-corrected chi connectivity index (χ0v) is 5.04. The first-order chi connectivity index (χ1) is 3.83. The second-order valence-electron chi connectivity index (χ2n) is 1.84. The highest BCUT2D eigenvalue weighted by atomic mass is 15.1. The zero-order valence-electron chi connectivity index (χ0n) is 5.04. The minimum Gasteiger partial charge on any atom is -0.150 e. The summed E-state index contributed by atoms with van der Waals surface area (Å²) >= 11 is 0. The lowest BCUT2D eigenvalue weighted by molar-refractivity contribution is -0.471. The van der Waals surface area contributed by atoms with E-state index in [0.29, 0.717) is 0 Å². The highest BCUT2D eigenvalue weighted by molar-refractivity contribution is 5.62. The van der Waals surface area contributed by atoms with Gasteiger partial charge in [0.1, 0.15) is 7.05 Å². The summed E-state index contributed by atoms with van der Waals surface area (Å²) in [5.41, 5.74) is 0.